The number of halogens is 1. The topological polar surface area (TPSA) is 20.3 Å². The number of anilines is 1. The lowest BCUT2D eigenvalue weighted by atomic mass is 10.1. The predicted octanol–water partition coefficient (Wildman–Crippen LogP) is 5.97. The van der Waals surface area contributed by atoms with E-state index in [1.54, 1.807) is 11.3 Å². The first-order valence-electron chi connectivity index (χ1n) is 7.71. The van der Waals surface area contributed by atoms with Gasteiger partial charge >= 0.3 is 0 Å². The van der Waals surface area contributed by atoms with Gasteiger partial charge in [-0.2, -0.15) is 0 Å². The third-order valence-corrected chi connectivity index (χ3v) is 5.42. The molecule has 2 nitrogen and oxygen atoms in total. The first kappa shape index (κ1) is 16.9. The van der Waals surface area contributed by atoms with Crippen molar-refractivity contribution in [3.05, 3.63) is 86.0 Å². The summed E-state index contributed by atoms with van der Waals surface area (Å²) < 4.78 is 0.968. The minimum atomic E-state index is 0.0131. The molecule has 0 bridgehead atoms. The first-order valence-corrected chi connectivity index (χ1v) is 9.39. The molecule has 0 spiro atoms. The molecule has 0 atom stereocenters. The number of nitrogens with zero attached hydrogens (tertiary/aromatic N) is 1. The minimum absolute atomic E-state index is 0.0131. The van der Waals surface area contributed by atoms with Gasteiger partial charge in [0.1, 0.15) is 0 Å². The quantitative estimate of drug-likeness (QED) is 0.528. The Bertz CT molecular complexity index is 841. The van der Waals surface area contributed by atoms with Gasteiger partial charge in [-0.15, -0.1) is 11.3 Å². The highest BCUT2D eigenvalue weighted by Crippen LogP contribution is 2.25. The van der Waals surface area contributed by atoms with E-state index in [9.17, 15) is 4.79 Å². The Labute approximate surface area is 154 Å². The van der Waals surface area contributed by atoms with Gasteiger partial charge in [-0.05, 0) is 72.8 Å². The van der Waals surface area contributed by atoms with Gasteiger partial charge in [-0.1, -0.05) is 28.1 Å². The third kappa shape index (κ3) is 3.77. The summed E-state index contributed by atoms with van der Waals surface area (Å²) >= 11 is 5.09. The number of amides is 1. The Morgan fingerprint density at radius 3 is 2.42 bits per heavy atom. The van der Waals surface area contributed by atoms with Crippen molar-refractivity contribution in [1.82, 2.24) is 0 Å². The van der Waals surface area contributed by atoms with Gasteiger partial charge in [-0.25, -0.2) is 0 Å². The van der Waals surface area contributed by atoms with Crippen molar-refractivity contribution in [2.24, 2.45) is 0 Å². The summed E-state index contributed by atoms with van der Waals surface area (Å²) in [5, 5.41) is 2.04. The van der Waals surface area contributed by atoms with Crippen LogP contribution in [0.3, 0.4) is 0 Å². The molecule has 1 aromatic heterocycles. The monoisotopic (exact) mass is 399 g/mol. The van der Waals surface area contributed by atoms with Crippen molar-refractivity contribution in [3.63, 3.8) is 0 Å². The van der Waals surface area contributed by atoms with Crippen LogP contribution in [0.2, 0.25) is 0 Å². The zero-order chi connectivity index (χ0) is 17.1. The molecular weight excluding hydrogens is 382 g/mol. The van der Waals surface area contributed by atoms with Gasteiger partial charge in [0, 0.05) is 20.6 Å². The van der Waals surface area contributed by atoms with Crippen LogP contribution in [0.5, 0.6) is 0 Å². The molecule has 0 saturated carbocycles. The summed E-state index contributed by atoms with van der Waals surface area (Å²) in [5.41, 5.74) is 4.03. The van der Waals surface area contributed by atoms with Crippen LogP contribution in [-0.2, 0) is 6.54 Å². The van der Waals surface area contributed by atoms with Crippen LogP contribution in [0.4, 0.5) is 5.69 Å². The second-order valence-corrected chi connectivity index (χ2v) is 7.69. The molecule has 0 aliphatic rings. The lowest BCUT2D eigenvalue weighted by Crippen LogP contribution is -2.30. The molecule has 2 aromatic carbocycles. The van der Waals surface area contributed by atoms with Crippen LogP contribution < -0.4 is 4.90 Å². The van der Waals surface area contributed by atoms with Crippen LogP contribution in [0.1, 0.15) is 26.4 Å². The largest absolute Gasteiger partial charge is 0.303 e. The van der Waals surface area contributed by atoms with Gasteiger partial charge < -0.3 is 4.90 Å². The summed E-state index contributed by atoms with van der Waals surface area (Å²) in [6.45, 7) is 4.74. The number of aryl methyl sites for hydroxylation is 2. The molecule has 4 heteroatoms. The number of hydrogen-bond donors (Lipinski definition) is 0. The van der Waals surface area contributed by atoms with Crippen molar-refractivity contribution < 1.29 is 4.79 Å². The molecule has 3 aromatic rings. The van der Waals surface area contributed by atoms with E-state index in [1.807, 2.05) is 46.7 Å². The van der Waals surface area contributed by atoms with Crippen LogP contribution in [-0.4, -0.2) is 5.91 Å². The van der Waals surface area contributed by atoms with Gasteiger partial charge in [0.2, 0.25) is 0 Å². The van der Waals surface area contributed by atoms with E-state index >= 15 is 0 Å². The van der Waals surface area contributed by atoms with E-state index < -0.39 is 0 Å². The fourth-order valence-electron chi connectivity index (χ4n) is 2.48. The first-order chi connectivity index (χ1) is 11.5. The van der Waals surface area contributed by atoms with Crippen LogP contribution >= 0.6 is 27.3 Å². The fourth-order valence-corrected chi connectivity index (χ4v) is 3.44. The highest BCUT2D eigenvalue weighted by atomic mass is 79.9. The number of benzene rings is 2. The van der Waals surface area contributed by atoms with E-state index in [1.165, 1.54) is 16.0 Å². The molecular formula is C20H18BrNOS. The normalized spacial score (nSPS) is 10.6. The zero-order valence-electron chi connectivity index (χ0n) is 13.6. The molecule has 0 unspecified atom stereocenters. The molecule has 122 valence electrons. The SMILES string of the molecule is Cc1ccc(N(Cc2cccs2)C(=O)c2ccc(Br)cc2)cc1C. The minimum Gasteiger partial charge on any atom is -0.303 e. The second kappa shape index (κ2) is 7.32. The Kier molecular flexibility index (Phi) is 5.17. The van der Waals surface area contributed by atoms with E-state index in [0.717, 1.165) is 10.2 Å². The summed E-state index contributed by atoms with van der Waals surface area (Å²) in [4.78, 5) is 16.1. The van der Waals surface area contributed by atoms with Crippen molar-refractivity contribution in [1.29, 1.82) is 0 Å². The lowest BCUT2D eigenvalue weighted by molar-refractivity contribution is 0.0985. The van der Waals surface area contributed by atoms with Crippen LogP contribution in [0, 0.1) is 13.8 Å². The van der Waals surface area contributed by atoms with E-state index in [-0.39, 0.29) is 5.91 Å². The zero-order valence-corrected chi connectivity index (χ0v) is 16.0. The smallest absolute Gasteiger partial charge is 0.258 e. The number of carbonyl (C=O) groups is 1. The highest BCUT2D eigenvalue weighted by molar-refractivity contribution is 9.10. The van der Waals surface area contributed by atoms with Gasteiger partial charge in [-0.3, -0.25) is 4.79 Å². The predicted molar refractivity (Wildman–Crippen MR) is 105 cm³/mol. The molecule has 0 saturated heterocycles. The molecule has 0 N–H and O–H groups in total. The van der Waals surface area contributed by atoms with Crippen molar-refractivity contribution in [2.45, 2.75) is 20.4 Å². The average Bonchev–Trinajstić information content (AvgIpc) is 3.09. The maximum absolute atomic E-state index is 13.1. The average molecular weight is 400 g/mol. The number of thiophene rings is 1. The third-order valence-electron chi connectivity index (χ3n) is 4.03. The Balaban J connectivity index is 1.98. The number of hydrogen-bond acceptors (Lipinski definition) is 2. The highest BCUT2D eigenvalue weighted by Gasteiger charge is 2.19. The molecule has 0 radical (unpaired) electrons. The maximum Gasteiger partial charge on any atom is 0.258 e. The van der Waals surface area contributed by atoms with E-state index in [0.29, 0.717) is 12.1 Å². The molecule has 0 aliphatic carbocycles. The lowest BCUT2D eigenvalue weighted by Gasteiger charge is -2.23. The Morgan fingerprint density at radius 2 is 1.79 bits per heavy atom. The number of carbonyl (C=O) groups excluding carboxylic acids is 1. The molecule has 24 heavy (non-hydrogen) atoms. The Morgan fingerprint density at radius 1 is 1.04 bits per heavy atom. The molecule has 3 rings (SSSR count). The molecule has 1 amide bonds. The summed E-state index contributed by atoms with van der Waals surface area (Å²) in [5.74, 6) is 0.0131. The van der Waals surface area contributed by atoms with Gasteiger partial charge in [0.25, 0.3) is 5.91 Å². The van der Waals surface area contributed by atoms with Crippen molar-refractivity contribution in [2.75, 3.05) is 4.90 Å². The van der Waals surface area contributed by atoms with Crippen LogP contribution in [0.25, 0.3) is 0 Å². The molecule has 0 fully saturated rings. The van der Waals surface area contributed by atoms with E-state index in [2.05, 4.69) is 48.0 Å². The summed E-state index contributed by atoms with van der Waals surface area (Å²) in [6.07, 6.45) is 0. The molecule has 0 aliphatic heterocycles. The van der Waals surface area contributed by atoms with Crippen molar-refractivity contribution in [3.8, 4) is 0 Å². The summed E-state index contributed by atoms with van der Waals surface area (Å²) in [6, 6.07) is 17.8. The standard InChI is InChI=1S/C20H18BrNOS/c1-14-5-10-18(12-15(14)2)22(13-19-4-3-11-24-19)20(23)16-6-8-17(21)9-7-16/h3-12H,13H2,1-2H3. The van der Waals surface area contributed by atoms with E-state index in [4.69, 9.17) is 0 Å². The number of rotatable bonds is 4. The Hall–Kier alpha value is -1.91. The van der Waals surface area contributed by atoms with Gasteiger partial charge in [0.05, 0.1) is 6.54 Å². The second-order valence-electron chi connectivity index (χ2n) is 5.75. The van der Waals surface area contributed by atoms with Gasteiger partial charge in [0.15, 0.2) is 0 Å². The summed E-state index contributed by atoms with van der Waals surface area (Å²) in [7, 11) is 0. The fraction of sp³-hybridized carbons (Fsp3) is 0.150. The maximum atomic E-state index is 13.1. The van der Waals surface area contributed by atoms with Crippen molar-refractivity contribution >= 4 is 38.9 Å². The van der Waals surface area contributed by atoms with Crippen LogP contribution in [0.15, 0.2) is 64.5 Å². The molecule has 1 heterocycles.